The number of nitrogens with zero attached hydrogens (tertiary/aromatic N) is 2. The predicted octanol–water partition coefficient (Wildman–Crippen LogP) is 2.92. The Morgan fingerprint density at radius 2 is 2.11 bits per heavy atom. The van der Waals surface area contributed by atoms with Crippen LogP contribution in [0.25, 0.3) is 22.7 Å². The van der Waals surface area contributed by atoms with Crippen molar-refractivity contribution < 1.29 is 10.0 Å². The lowest BCUT2D eigenvalue weighted by Crippen LogP contribution is -2.24. The maximum absolute atomic E-state index is 13.2. The fourth-order valence-electron chi connectivity index (χ4n) is 2.64. The summed E-state index contributed by atoms with van der Waals surface area (Å²) < 4.78 is 1.57. The van der Waals surface area contributed by atoms with E-state index in [1.807, 2.05) is 20.8 Å². The zero-order chi connectivity index (χ0) is 20.0. The summed E-state index contributed by atoms with van der Waals surface area (Å²) in [5, 5.41) is 8.99. The molecule has 0 fully saturated rings. The van der Waals surface area contributed by atoms with E-state index in [2.05, 4.69) is 10.9 Å². The van der Waals surface area contributed by atoms with E-state index in [-0.39, 0.29) is 5.56 Å². The minimum Gasteiger partial charge on any atom is -0.288 e. The Hall–Kier alpha value is -3.43. The number of terminal acetylenes is 1. The Kier molecular flexibility index (Phi) is 6.47. The number of hydroxylamine groups is 1. The highest BCUT2D eigenvalue weighted by molar-refractivity contribution is 5.91. The first kappa shape index (κ1) is 19.9. The van der Waals surface area contributed by atoms with E-state index >= 15 is 0 Å². The first-order chi connectivity index (χ1) is 12.9. The molecule has 27 heavy (non-hydrogen) atoms. The van der Waals surface area contributed by atoms with Crippen LogP contribution in [-0.4, -0.2) is 20.7 Å². The quantitative estimate of drug-likeness (QED) is 0.281. The lowest BCUT2D eigenvalue weighted by atomic mass is 10.1. The molecule has 0 unspecified atom stereocenters. The molecule has 1 aromatic carbocycles. The fraction of sp³-hybridized carbons (Fsp3) is 0.190. The van der Waals surface area contributed by atoms with Gasteiger partial charge in [0.25, 0.3) is 11.5 Å². The largest absolute Gasteiger partial charge is 0.288 e. The average molecular weight is 363 g/mol. The number of hydrogen-bond donors (Lipinski definition) is 2. The number of nitrogens with one attached hydrogen (secondary N) is 1. The Bertz CT molecular complexity index is 1060. The maximum atomic E-state index is 13.2. The van der Waals surface area contributed by atoms with Crippen molar-refractivity contribution in [1.29, 1.82) is 0 Å². The van der Waals surface area contributed by atoms with Gasteiger partial charge in [-0.2, -0.15) is 0 Å². The third-order valence-electron chi connectivity index (χ3n) is 3.91. The van der Waals surface area contributed by atoms with Gasteiger partial charge in [-0.05, 0) is 49.8 Å². The molecule has 1 heterocycles. The SMILES string of the molecule is C#C/C=C\C(=C(C)C)n1c(CC)nc2ccc(/C=C/C(=O)NO)cc2c1=O. The summed E-state index contributed by atoms with van der Waals surface area (Å²) in [6, 6.07) is 5.14. The van der Waals surface area contributed by atoms with Crippen molar-refractivity contribution in [2.75, 3.05) is 0 Å². The second-order valence-corrected chi connectivity index (χ2v) is 5.99. The van der Waals surface area contributed by atoms with E-state index in [1.165, 1.54) is 17.6 Å². The molecule has 1 amide bonds. The molecule has 0 aliphatic rings. The van der Waals surface area contributed by atoms with E-state index in [1.54, 1.807) is 34.9 Å². The van der Waals surface area contributed by atoms with E-state index < -0.39 is 5.91 Å². The third kappa shape index (κ3) is 4.40. The van der Waals surface area contributed by atoms with E-state index in [0.717, 1.165) is 5.57 Å². The molecule has 0 aliphatic carbocycles. The van der Waals surface area contributed by atoms with Crippen LogP contribution in [0.15, 0.2) is 46.8 Å². The van der Waals surface area contributed by atoms with E-state index in [4.69, 9.17) is 11.6 Å². The summed E-state index contributed by atoms with van der Waals surface area (Å²) >= 11 is 0. The Morgan fingerprint density at radius 3 is 2.70 bits per heavy atom. The molecule has 6 heteroatoms. The van der Waals surface area contributed by atoms with Crippen LogP contribution in [0.4, 0.5) is 0 Å². The molecule has 2 aromatic rings. The second-order valence-electron chi connectivity index (χ2n) is 5.99. The zero-order valence-electron chi connectivity index (χ0n) is 15.5. The van der Waals surface area contributed by atoms with Gasteiger partial charge in [0, 0.05) is 18.2 Å². The van der Waals surface area contributed by atoms with Crippen LogP contribution in [-0.2, 0) is 11.2 Å². The molecule has 0 bridgehead atoms. The van der Waals surface area contributed by atoms with Crippen molar-refractivity contribution in [3.63, 3.8) is 0 Å². The molecule has 0 radical (unpaired) electrons. The van der Waals surface area contributed by atoms with Crippen LogP contribution < -0.4 is 11.0 Å². The van der Waals surface area contributed by atoms with Gasteiger partial charge < -0.3 is 0 Å². The van der Waals surface area contributed by atoms with Gasteiger partial charge in [-0.25, -0.2) is 10.5 Å². The zero-order valence-corrected chi connectivity index (χ0v) is 15.5. The van der Waals surface area contributed by atoms with Gasteiger partial charge >= 0.3 is 0 Å². The van der Waals surface area contributed by atoms with Crippen molar-refractivity contribution in [2.45, 2.75) is 27.2 Å². The van der Waals surface area contributed by atoms with Gasteiger partial charge in [-0.15, -0.1) is 6.42 Å². The second kappa shape index (κ2) is 8.79. The normalized spacial score (nSPS) is 11.1. The molecule has 0 atom stereocenters. The van der Waals surface area contributed by atoms with Gasteiger partial charge in [0.15, 0.2) is 0 Å². The fourth-order valence-corrected chi connectivity index (χ4v) is 2.64. The molecule has 0 saturated carbocycles. The lowest BCUT2D eigenvalue weighted by Gasteiger charge is -2.15. The van der Waals surface area contributed by atoms with Crippen LogP contribution in [0.2, 0.25) is 0 Å². The number of aryl methyl sites for hydroxylation is 1. The number of amides is 1. The molecular weight excluding hydrogens is 342 g/mol. The average Bonchev–Trinajstić information content (AvgIpc) is 2.67. The summed E-state index contributed by atoms with van der Waals surface area (Å²) in [6.45, 7) is 5.74. The summed E-state index contributed by atoms with van der Waals surface area (Å²) in [6.07, 6.45) is 11.8. The maximum Gasteiger partial charge on any atom is 0.267 e. The number of aromatic nitrogens is 2. The smallest absolute Gasteiger partial charge is 0.267 e. The molecule has 0 saturated heterocycles. The van der Waals surface area contributed by atoms with Gasteiger partial charge in [-0.1, -0.05) is 24.5 Å². The highest BCUT2D eigenvalue weighted by Gasteiger charge is 2.13. The minimum absolute atomic E-state index is 0.211. The number of allylic oxidation sites excluding steroid dienone is 4. The molecule has 1 aromatic heterocycles. The molecule has 0 spiro atoms. The topological polar surface area (TPSA) is 84.2 Å². The van der Waals surface area contributed by atoms with Crippen LogP contribution in [0.5, 0.6) is 0 Å². The number of carbonyl (C=O) groups is 1. The summed E-state index contributed by atoms with van der Waals surface area (Å²) in [7, 11) is 0. The van der Waals surface area contributed by atoms with Crippen molar-refractivity contribution in [3.05, 3.63) is 63.7 Å². The van der Waals surface area contributed by atoms with Crippen LogP contribution in [0.1, 0.15) is 32.2 Å². The van der Waals surface area contributed by atoms with Crippen molar-refractivity contribution in [2.24, 2.45) is 0 Å². The molecule has 2 N–H and O–H groups in total. The Balaban J connectivity index is 2.76. The van der Waals surface area contributed by atoms with E-state index in [0.29, 0.717) is 34.4 Å². The standard InChI is InChI=1S/C21H21N3O3/c1-5-7-8-18(14(3)4)24-19(6-2)22-17-11-9-15(10-12-20(25)23-27)13-16(17)21(24)26/h1,7-13,27H,6H2,2-4H3,(H,23,25)/b8-7-,12-10+. The minimum atomic E-state index is -0.654. The van der Waals surface area contributed by atoms with Crippen LogP contribution >= 0.6 is 0 Å². The molecule has 0 aliphatic heterocycles. The van der Waals surface area contributed by atoms with Gasteiger partial charge in [0.2, 0.25) is 0 Å². The summed E-state index contributed by atoms with van der Waals surface area (Å²) in [5.74, 6) is 2.42. The van der Waals surface area contributed by atoms with Gasteiger partial charge in [-0.3, -0.25) is 19.4 Å². The van der Waals surface area contributed by atoms with Crippen LogP contribution in [0, 0.1) is 12.3 Å². The summed E-state index contributed by atoms with van der Waals surface area (Å²) in [4.78, 5) is 29.0. The Labute approximate surface area is 157 Å². The number of fused-ring (bicyclic) bond motifs is 1. The van der Waals surface area contributed by atoms with Gasteiger partial charge in [0.1, 0.15) is 5.82 Å². The molecular formula is C21H21N3O3. The third-order valence-corrected chi connectivity index (χ3v) is 3.91. The van der Waals surface area contributed by atoms with Gasteiger partial charge in [0.05, 0.1) is 10.9 Å². The highest BCUT2D eigenvalue weighted by atomic mass is 16.5. The number of carbonyl (C=O) groups excluding carboxylic acids is 1. The highest BCUT2D eigenvalue weighted by Crippen LogP contribution is 2.18. The lowest BCUT2D eigenvalue weighted by molar-refractivity contribution is -0.124. The monoisotopic (exact) mass is 363 g/mol. The van der Waals surface area contributed by atoms with Crippen LogP contribution in [0.3, 0.4) is 0 Å². The van der Waals surface area contributed by atoms with E-state index in [9.17, 15) is 9.59 Å². The van der Waals surface area contributed by atoms with Crippen molar-refractivity contribution >= 4 is 28.6 Å². The predicted molar refractivity (Wildman–Crippen MR) is 107 cm³/mol. The molecule has 6 nitrogen and oxygen atoms in total. The first-order valence-corrected chi connectivity index (χ1v) is 8.41. The summed E-state index contributed by atoms with van der Waals surface area (Å²) in [5.41, 5.74) is 4.13. The number of hydrogen-bond acceptors (Lipinski definition) is 4. The first-order valence-electron chi connectivity index (χ1n) is 8.41. The van der Waals surface area contributed by atoms with Crippen molar-refractivity contribution in [3.8, 4) is 12.3 Å². The van der Waals surface area contributed by atoms with Crippen molar-refractivity contribution in [1.82, 2.24) is 15.0 Å². The molecule has 2 rings (SSSR count). The Morgan fingerprint density at radius 1 is 1.37 bits per heavy atom. The number of benzene rings is 1. The molecule has 138 valence electrons. The number of rotatable bonds is 5.